The van der Waals surface area contributed by atoms with Gasteiger partial charge in [0.05, 0.1) is 12.4 Å². The van der Waals surface area contributed by atoms with Gasteiger partial charge in [-0.3, -0.25) is 0 Å². The molecule has 0 saturated carbocycles. The van der Waals surface area contributed by atoms with Crippen molar-refractivity contribution in [3.63, 3.8) is 0 Å². The van der Waals surface area contributed by atoms with Crippen LogP contribution in [-0.2, 0) is 4.74 Å². The predicted octanol–water partition coefficient (Wildman–Crippen LogP) is 0.304. The van der Waals surface area contributed by atoms with E-state index in [0.29, 0.717) is 5.75 Å². The van der Waals surface area contributed by atoms with E-state index in [9.17, 15) is 4.79 Å². The molecule has 0 unspecified atom stereocenters. The van der Waals surface area contributed by atoms with E-state index in [4.69, 9.17) is 14.4 Å². The standard InChI is InChI=1S/C8H13BN2O4/c1-8(2,3)14-7(12)11-5-6(4-10-11)15-9-13/h4-5,9,13H,1-3H3. The Balaban J connectivity index is 2.66. The fourth-order valence-electron chi connectivity index (χ4n) is 0.864. The minimum atomic E-state index is -0.588. The second kappa shape index (κ2) is 4.35. The average molecular weight is 212 g/mol. The Kier molecular flexibility index (Phi) is 3.36. The van der Waals surface area contributed by atoms with Crippen molar-refractivity contribution < 1.29 is 19.2 Å². The number of ether oxygens (including phenoxy) is 1. The summed E-state index contributed by atoms with van der Waals surface area (Å²) in [6.07, 6.45) is 2.07. The third-order valence-corrected chi connectivity index (χ3v) is 1.37. The van der Waals surface area contributed by atoms with Gasteiger partial charge < -0.3 is 14.4 Å². The Bertz CT molecular complexity index is 345. The average Bonchev–Trinajstić information content (AvgIpc) is 2.50. The first-order valence-corrected chi connectivity index (χ1v) is 4.44. The minimum Gasteiger partial charge on any atom is -0.537 e. The second-order valence-electron chi connectivity index (χ2n) is 3.87. The highest BCUT2D eigenvalue weighted by atomic mass is 16.6. The maximum atomic E-state index is 11.4. The highest BCUT2D eigenvalue weighted by Crippen LogP contribution is 2.11. The molecule has 0 aromatic carbocycles. The molecule has 0 aliphatic heterocycles. The molecule has 0 saturated heterocycles. The van der Waals surface area contributed by atoms with E-state index < -0.39 is 19.4 Å². The summed E-state index contributed by atoms with van der Waals surface area (Å²) in [4.78, 5) is 11.4. The van der Waals surface area contributed by atoms with E-state index in [2.05, 4.69) is 5.10 Å². The maximum absolute atomic E-state index is 11.4. The lowest BCUT2D eigenvalue weighted by molar-refractivity contribution is 0.0514. The van der Waals surface area contributed by atoms with Crippen molar-refractivity contribution in [2.75, 3.05) is 0 Å². The van der Waals surface area contributed by atoms with Crippen LogP contribution >= 0.6 is 0 Å². The van der Waals surface area contributed by atoms with Crippen molar-refractivity contribution in [1.29, 1.82) is 0 Å². The van der Waals surface area contributed by atoms with Gasteiger partial charge in [-0.05, 0) is 20.8 Å². The Morgan fingerprint density at radius 1 is 1.60 bits per heavy atom. The quantitative estimate of drug-likeness (QED) is 0.713. The lowest BCUT2D eigenvalue weighted by Crippen LogP contribution is -2.27. The zero-order valence-electron chi connectivity index (χ0n) is 8.93. The molecule has 0 atom stereocenters. The van der Waals surface area contributed by atoms with Crippen molar-refractivity contribution in [3.05, 3.63) is 12.4 Å². The van der Waals surface area contributed by atoms with E-state index in [1.54, 1.807) is 20.8 Å². The van der Waals surface area contributed by atoms with Crippen LogP contribution in [0.1, 0.15) is 20.8 Å². The third-order valence-electron chi connectivity index (χ3n) is 1.37. The summed E-state index contributed by atoms with van der Waals surface area (Å²) in [6, 6.07) is 0. The largest absolute Gasteiger partial charge is 0.537 e. The Morgan fingerprint density at radius 3 is 2.80 bits per heavy atom. The molecule has 1 aromatic heterocycles. The van der Waals surface area contributed by atoms with Crippen LogP contribution in [-0.4, -0.2) is 34.2 Å². The second-order valence-corrected chi connectivity index (χ2v) is 3.87. The van der Waals surface area contributed by atoms with Crippen molar-refractivity contribution in [2.24, 2.45) is 0 Å². The van der Waals surface area contributed by atoms with Crippen LogP contribution in [0.3, 0.4) is 0 Å². The van der Waals surface area contributed by atoms with Crippen LogP contribution in [0.2, 0.25) is 0 Å². The molecule has 0 fully saturated rings. The number of aromatic nitrogens is 2. The molecule has 0 aliphatic carbocycles. The maximum Gasteiger partial charge on any atom is 0.504 e. The molecule has 0 radical (unpaired) electrons. The molecule has 82 valence electrons. The number of hydrogen-bond donors (Lipinski definition) is 1. The molecular weight excluding hydrogens is 199 g/mol. The monoisotopic (exact) mass is 212 g/mol. The van der Waals surface area contributed by atoms with Gasteiger partial charge in [-0.1, -0.05) is 0 Å². The Labute approximate surface area is 88.1 Å². The molecule has 1 N–H and O–H groups in total. The minimum absolute atomic E-state index is 0.309. The number of nitrogens with zero attached hydrogens (tertiary/aromatic N) is 2. The van der Waals surface area contributed by atoms with Crippen molar-refractivity contribution in [3.8, 4) is 5.75 Å². The molecule has 1 aromatic rings. The molecular formula is C8H13BN2O4. The first-order chi connectivity index (χ1) is 6.92. The number of carbonyl (C=O) groups excluding carboxylic acids is 1. The SMILES string of the molecule is CC(C)(C)OC(=O)n1cc(OBO)cn1. The van der Waals surface area contributed by atoms with Crippen molar-refractivity contribution in [2.45, 2.75) is 26.4 Å². The first kappa shape index (κ1) is 11.6. The third kappa shape index (κ3) is 3.63. The fraction of sp³-hybridized carbons (Fsp3) is 0.500. The summed E-state index contributed by atoms with van der Waals surface area (Å²) in [5, 5.41) is 12.2. The zero-order chi connectivity index (χ0) is 11.5. The molecule has 0 amide bonds. The van der Waals surface area contributed by atoms with E-state index in [0.717, 1.165) is 4.68 Å². The lowest BCUT2D eigenvalue weighted by Gasteiger charge is -2.18. The number of carbonyl (C=O) groups is 1. The van der Waals surface area contributed by atoms with Crippen LogP contribution in [0.25, 0.3) is 0 Å². The molecule has 0 bridgehead atoms. The Hall–Kier alpha value is -1.50. The predicted molar refractivity (Wildman–Crippen MR) is 53.9 cm³/mol. The van der Waals surface area contributed by atoms with E-state index in [-0.39, 0.29) is 0 Å². The normalized spacial score (nSPS) is 10.9. The van der Waals surface area contributed by atoms with Gasteiger partial charge in [-0.25, -0.2) is 4.79 Å². The van der Waals surface area contributed by atoms with Gasteiger partial charge in [0, 0.05) is 0 Å². The highest BCUT2D eigenvalue weighted by molar-refractivity contribution is 6.17. The topological polar surface area (TPSA) is 73.6 Å². The van der Waals surface area contributed by atoms with E-state index in [1.165, 1.54) is 12.4 Å². The van der Waals surface area contributed by atoms with Gasteiger partial charge in [0.25, 0.3) is 0 Å². The van der Waals surface area contributed by atoms with Crippen molar-refractivity contribution >= 4 is 13.8 Å². The molecule has 0 spiro atoms. The van der Waals surface area contributed by atoms with Crippen molar-refractivity contribution in [1.82, 2.24) is 9.78 Å². The van der Waals surface area contributed by atoms with Gasteiger partial charge in [0.15, 0.2) is 0 Å². The number of rotatable bonds is 2. The van der Waals surface area contributed by atoms with E-state index >= 15 is 0 Å². The van der Waals surface area contributed by atoms with Crippen LogP contribution < -0.4 is 4.65 Å². The highest BCUT2D eigenvalue weighted by Gasteiger charge is 2.18. The summed E-state index contributed by atoms with van der Waals surface area (Å²) in [5.41, 5.74) is -0.568. The van der Waals surface area contributed by atoms with Gasteiger partial charge in [0.1, 0.15) is 11.4 Å². The lowest BCUT2D eigenvalue weighted by atomic mass is 10.2. The van der Waals surface area contributed by atoms with Crippen LogP contribution in [0.4, 0.5) is 4.79 Å². The molecule has 1 rings (SSSR count). The van der Waals surface area contributed by atoms with Gasteiger partial charge >= 0.3 is 13.8 Å². The van der Waals surface area contributed by atoms with Gasteiger partial charge in [0.2, 0.25) is 0 Å². The summed E-state index contributed by atoms with van der Waals surface area (Å²) in [7, 11) is -0.458. The zero-order valence-corrected chi connectivity index (χ0v) is 8.93. The Morgan fingerprint density at radius 2 is 2.27 bits per heavy atom. The summed E-state index contributed by atoms with van der Waals surface area (Å²) in [6.45, 7) is 5.29. The van der Waals surface area contributed by atoms with Crippen LogP contribution in [0, 0.1) is 0 Å². The molecule has 15 heavy (non-hydrogen) atoms. The van der Waals surface area contributed by atoms with Crippen LogP contribution in [0.15, 0.2) is 12.4 Å². The summed E-state index contributed by atoms with van der Waals surface area (Å²) in [5.74, 6) is 0.309. The fourth-order valence-corrected chi connectivity index (χ4v) is 0.864. The van der Waals surface area contributed by atoms with Gasteiger partial charge in [-0.15, -0.1) is 0 Å². The van der Waals surface area contributed by atoms with Crippen LogP contribution in [0.5, 0.6) is 5.75 Å². The molecule has 0 aliphatic rings. The summed E-state index contributed by atoms with van der Waals surface area (Å²) < 4.78 is 10.8. The van der Waals surface area contributed by atoms with E-state index in [1.807, 2.05) is 0 Å². The number of hydrogen-bond acceptors (Lipinski definition) is 5. The smallest absolute Gasteiger partial charge is 0.504 e. The summed E-state index contributed by atoms with van der Waals surface area (Å²) >= 11 is 0. The molecule has 7 heteroatoms. The molecule has 1 heterocycles. The van der Waals surface area contributed by atoms with Gasteiger partial charge in [-0.2, -0.15) is 9.78 Å². The molecule has 6 nitrogen and oxygen atoms in total. The first-order valence-electron chi connectivity index (χ1n) is 4.44.